The Labute approximate surface area is 222 Å². The van der Waals surface area contributed by atoms with Crippen molar-refractivity contribution in [1.29, 1.82) is 0 Å². The molecule has 9 heteroatoms. The van der Waals surface area contributed by atoms with E-state index in [0.717, 1.165) is 87.4 Å². The number of aliphatic imine (C=N–C) groups is 1. The first-order valence-corrected chi connectivity index (χ1v) is 13.5. The van der Waals surface area contributed by atoms with Crippen LogP contribution in [0.2, 0.25) is 0 Å². The molecule has 0 bridgehead atoms. The van der Waals surface area contributed by atoms with E-state index < -0.39 is 6.61 Å². The lowest BCUT2D eigenvalue weighted by molar-refractivity contribution is -0.0512. The summed E-state index contributed by atoms with van der Waals surface area (Å²) in [5.41, 5.74) is 4.10. The molecule has 0 radical (unpaired) electrons. The van der Waals surface area contributed by atoms with E-state index in [9.17, 15) is 13.6 Å². The highest BCUT2D eigenvalue weighted by Crippen LogP contribution is 2.45. The van der Waals surface area contributed by atoms with Gasteiger partial charge in [0, 0.05) is 42.2 Å². The number of amides is 1. The fourth-order valence-electron chi connectivity index (χ4n) is 5.74. The number of benzene rings is 2. The van der Waals surface area contributed by atoms with Crippen molar-refractivity contribution >= 4 is 11.6 Å². The van der Waals surface area contributed by atoms with Crippen LogP contribution in [0.15, 0.2) is 41.4 Å². The third-order valence-electron chi connectivity index (χ3n) is 7.69. The Balaban J connectivity index is 1.32. The summed E-state index contributed by atoms with van der Waals surface area (Å²) < 4.78 is 41.7. The minimum Gasteiger partial charge on any atom is -0.493 e. The summed E-state index contributed by atoms with van der Waals surface area (Å²) in [6.45, 7) is 2.05. The number of carbonyl (C=O) groups is 1. The Hall–Kier alpha value is -3.04. The molecule has 1 amide bonds. The molecule has 1 N–H and O–H groups in total. The van der Waals surface area contributed by atoms with Crippen LogP contribution in [0.25, 0.3) is 0 Å². The summed E-state index contributed by atoms with van der Waals surface area (Å²) in [6, 6.07) is 11.0. The molecule has 2 atom stereocenters. The number of fused-ring (bicyclic) bond motifs is 3. The zero-order valence-corrected chi connectivity index (χ0v) is 21.8. The van der Waals surface area contributed by atoms with Crippen LogP contribution in [0.5, 0.6) is 11.5 Å². The van der Waals surface area contributed by atoms with Gasteiger partial charge in [0.05, 0.1) is 32.1 Å². The van der Waals surface area contributed by atoms with E-state index in [1.165, 1.54) is 7.11 Å². The molecule has 0 unspecified atom stereocenters. The standard InChI is InChI=1S/C29H35F2N3O4/c1-36-25-18-23-22(17-26(25)38-29(30)31)21-5-2-3-6-24(21)33-27(23)19-7-9-20(10-8-19)28(35)32-11-4-12-34-13-15-37-16-14-34/h7-10,17-18,21,24,29H,2-6,11-16H2,1H3,(H,32,35)/t21-,24-/m1/s1. The van der Waals surface area contributed by atoms with E-state index in [2.05, 4.69) is 10.2 Å². The fourth-order valence-corrected chi connectivity index (χ4v) is 5.74. The SMILES string of the molecule is COc1cc2c(cc1OC(F)F)[C@H]1CCCC[C@H]1N=C2c1ccc(C(=O)NCCCN2CCOCC2)cc1. The predicted octanol–water partition coefficient (Wildman–Crippen LogP) is 4.63. The normalized spacial score (nSPS) is 21.3. The molecule has 2 fully saturated rings. The molecule has 1 aliphatic carbocycles. The van der Waals surface area contributed by atoms with Crippen LogP contribution in [0.1, 0.15) is 65.1 Å². The minimum atomic E-state index is -2.93. The highest BCUT2D eigenvalue weighted by Gasteiger charge is 2.35. The second kappa shape index (κ2) is 12.2. The van der Waals surface area contributed by atoms with Crippen LogP contribution in [0, 0.1) is 0 Å². The number of rotatable bonds is 9. The second-order valence-electron chi connectivity index (χ2n) is 10.0. The van der Waals surface area contributed by atoms with E-state index in [-0.39, 0.29) is 29.4 Å². The Morgan fingerprint density at radius 3 is 2.63 bits per heavy atom. The highest BCUT2D eigenvalue weighted by molar-refractivity contribution is 6.15. The molecule has 5 rings (SSSR count). The van der Waals surface area contributed by atoms with Gasteiger partial charge in [-0.3, -0.25) is 14.7 Å². The number of morpholine rings is 1. The summed E-state index contributed by atoms with van der Waals surface area (Å²) in [7, 11) is 1.44. The summed E-state index contributed by atoms with van der Waals surface area (Å²) in [6.07, 6.45) is 4.97. The largest absolute Gasteiger partial charge is 0.493 e. The van der Waals surface area contributed by atoms with Crippen LogP contribution < -0.4 is 14.8 Å². The summed E-state index contributed by atoms with van der Waals surface area (Å²) in [5.74, 6) is 0.356. The van der Waals surface area contributed by atoms with Gasteiger partial charge in [-0.15, -0.1) is 0 Å². The Kier molecular flexibility index (Phi) is 8.54. The third kappa shape index (κ3) is 5.99. The molecule has 2 aromatic carbocycles. The predicted molar refractivity (Wildman–Crippen MR) is 141 cm³/mol. The van der Waals surface area contributed by atoms with Crippen molar-refractivity contribution in [3.63, 3.8) is 0 Å². The lowest BCUT2D eigenvalue weighted by Gasteiger charge is -2.35. The average molecular weight is 528 g/mol. The first-order chi connectivity index (χ1) is 18.5. The maximum Gasteiger partial charge on any atom is 0.387 e. The second-order valence-corrected chi connectivity index (χ2v) is 10.0. The average Bonchev–Trinajstić information content (AvgIpc) is 2.95. The van der Waals surface area contributed by atoms with Crippen molar-refractivity contribution in [3.05, 3.63) is 58.7 Å². The van der Waals surface area contributed by atoms with Gasteiger partial charge in [0.1, 0.15) is 0 Å². The van der Waals surface area contributed by atoms with Crippen molar-refractivity contribution in [2.45, 2.75) is 50.7 Å². The molecule has 38 heavy (non-hydrogen) atoms. The first-order valence-electron chi connectivity index (χ1n) is 13.5. The third-order valence-corrected chi connectivity index (χ3v) is 7.69. The minimum absolute atomic E-state index is 0.0486. The van der Waals surface area contributed by atoms with Crippen molar-refractivity contribution in [3.8, 4) is 11.5 Å². The van der Waals surface area contributed by atoms with Crippen LogP contribution >= 0.6 is 0 Å². The molecule has 1 saturated carbocycles. The van der Waals surface area contributed by atoms with Gasteiger partial charge >= 0.3 is 6.61 Å². The van der Waals surface area contributed by atoms with Gasteiger partial charge < -0.3 is 19.5 Å². The summed E-state index contributed by atoms with van der Waals surface area (Å²) in [4.78, 5) is 20.2. The number of methoxy groups -OCH3 is 1. The first kappa shape index (κ1) is 26.6. The van der Waals surface area contributed by atoms with Gasteiger partial charge in [-0.05, 0) is 55.6 Å². The van der Waals surface area contributed by atoms with Gasteiger partial charge in [-0.25, -0.2) is 0 Å². The van der Waals surface area contributed by atoms with Gasteiger partial charge in [0.15, 0.2) is 11.5 Å². The number of hydrogen-bond donors (Lipinski definition) is 1. The molecule has 2 aromatic rings. The van der Waals surface area contributed by atoms with Gasteiger partial charge in [0.25, 0.3) is 5.91 Å². The molecule has 0 aromatic heterocycles. The van der Waals surface area contributed by atoms with E-state index in [0.29, 0.717) is 12.1 Å². The van der Waals surface area contributed by atoms with E-state index in [1.807, 2.05) is 24.3 Å². The van der Waals surface area contributed by atoms with Crippen molar-refractivity contribution in [1.82, 2.24) is 10.2 Å². The van der Waals surface area contributed by atoms with Gasteiger partial charge in [0.2, 0.25) is 0 Å². The molecule has 3 aliphatic rings. The lowest BCUT2D eigenvalue weighted by atomic mass is 9.75. The molecule has 2 aliphatic heterocycles. The zero-order valence-electron chi connectivity index (χ0n) is 21.8. The van der Waals surface area contributed by atoms with Crippen molar-refractivity contribution < 1.29 is 27.8 Å². The number of ether oxygens (including phenoxy) is 3. The Morgan fingerprint density at radius 1 is 1.13 bits per heavy atom. The topological polar surface area (TPSA) is 72.4 Å². The van der Waals surface area contributed by atoms with Crippen molar-refractivity contribution in [2.24, 2.45) is 4.99 Å². The number of nitrogens with one attached hydrogen (secondary N) is 1. The smallest absolute Gasteiger partial charge is 0.387 e. The molecule has 2 heterocycles. The highest BCUT2D eigenvalue weighted by atomic mass is 19.3. The molecule has 204 valence electrons. The lowest BCUT2D eigenvalue weighted by Crippen LogP contribution is -2.38. The quantitative estimate of drug-likeness (QED) is 0.482. The van der Waals surface area contributed by atoms with Crippen LogP contribution in [0.4, 0.5) is 8.78 Å². The maximum atomic E-state index is 13.1. The monoisotopic (exact) mass is 527 g/mol. The molecule has 1 saturated heterocycles. The number of hydrogen-bond acceptors (Lipinski definition) is 6. The zero-order chi connectivity index (χ0) is 26.5. The fraction of sp³-hybridized carbons (Fsp3) is 0.517. The Morgan fingerprint density at radius 2 is 1.89 bits per heavy atom. The number of halogens is 2. The summed E-state index contributed by atoms with van der Waals surface area (Å²) >= 11 is 0. The number of alkyl halides is 2. The molecule has 0 spiro atoms. The van der Waals surface area contributed by atoms with Crippen LogP contribution in [-0.4, -0.2) is 75.7 Å². The van der Waals surface area contributed by atoms with Gasteiger partial charge in [-0.2, -0.15) is 8.78 Å². The molecular formula is C29H35F2N3O4. The Bertz CT molecular complexity index is 1150. The van der Waals surface area contributed by atoms with Crippen molar-refractivity contribution in [2.75, 3.05) is 46.5 Å². The number of carbonyl (C=O) groups excluding carboxylic acids is 1. The van der Waals surface area contributed by atoms with E-state index in [1.54, 1.807) is 12.1 Å². The molecule has 7 nitrogen and oxygen atoms in total. The van der Waals surface area contributed by atoms with Gasteiger partial charge in [-0.1, -0.05) is 25.0 Å². The molecular weight excluding hydrogens is 492 g/mol. The van der Waals surface area contributed by atoms with Crippen LogP contribution in [-0.2, 0) is 4.74 Å². The number of nitrogens with zero attached hydrogens (tertiary/aromatic N) is 2. The van der Waals surface area contributed by atoms with E-state index in [4.69, 9.17) is 19.2 Å². The summed E-state index contributed by atoms with van der Waals surface area (Å²) in [5, 5.41) is 3.01. The van der Waals surface area contributed by atoms with E-state index >= 15 is 0 Å². The maximum absolute atomic E-state index is 13.1. The van der Waals surface area contributed by atoms with Crippen LogP contribution in [0.3, 0.4) is 0 Å².